The van der Waals surface area contributed by atoms with Crippen molar-refractivity contribution in [3.05, 3.63) is 17.0 Å². The molecule has 126 valence electrons. The molecule has 1 saturated heterocycles. The first-order chi connectivity index (χ1) is 11.2. The Balaban J connectivity index is 1.31. The molecule has 6 heteroatoms. The van der Waals surface area contributed by atoms with Gasteiger partial charge in [0.15, 0.2) is 11.5 Å². The van der Waals surface area contributed by atoms with Crippen LogP contribution in [-0.2, 0) is 22.3 Å². The van der Waals surface area contributed by atoms with Crippen molar-refractivity contribution in [1.82, 2.24) is 15.5 Å². The molecule has 0 bridgehead atoms. The smallest absolute Gasteiger partial charge is 0.272 e. The number of hydrogen-bond donors (Lipinski definition) is 2. The Labute approximate surface area is 136 Å². The summed E-state index contributed by atoms with van der Waals surface area (Å²) < 4.78 is 12.1. The summed E-state index contributed by atoms with van der Waals surface area (Å²) in [5.41, 5.74) is 2.76. The fourth-order valence-corrected chi connectivity index (χ4v) is 3.98. The van der Waals surface area contributed by atoms with Crippen molar-refractivity contribution < 1.29 is 14.3 Å². The van der Waals surface area contributed by atoms with E-state index in [9.17, 15) is 4.79 Å². The van der Waals surface area contributed by atoms with E-state index in [0.717, 1.165) is 62.1 Å². The number of amides is 1. The van der Waals surface area contributed by atoms with Gasteiger partial charge in [0.2, 0.25) is 0 Å². The van der Waals surface area contributed by atoms with E-state index in [1.54, 1.807) is 0 Å². The van der Waals surface area contributed by atoms with Gasteiger partial charge in [0.05, 0.1) is 6.61 Å². The van der Waals surface area contributed by atoms with Gasteiger partial charge in [-0.1, -0.05) is 6.92 Å². The Morgan fingerprint density at radius 3 is 3.04 bits per heavy atom. The fourth-order valence-electron chi connectivity index (χ4n) is 3.98. The van der Waals surface area contributed by atoms with Gasteiger partial charge in [-0.25, -0.2) is 0 Å². The van der Waals surface area contributed by atoms with Crippen LogP contribution in [0.25, 0.3) is 0 Å². The molecule has 2 heterocycles. The molecular formula is C17H25N3O3. The lowest BCUT2D eigenvalue weighted by Crippen LogP contribution is -2.38. The normalized spacial score (nSPS) is 33.1. The van der Waals surface area contributed by atoms with Crippen LogP contribution < -0.4 is 5.32 Å². The molecule has 1 aromatic heterocycles. The maximum Gasteiger partial charge on any atom is 0.272 e. The molecule has 0 radical (unpaired) electrons. The van der Waals surface area contributed by atoms with Crippen molar-refractivity contribution in [2.45, 2.75) is 63.8 Å². The monoisotopic (exact) mass is 319 g/mol. The third kappa shape index (κ3) is 2.90. The highest BCUT2D eigenvalue weighted by atomic mass is 16.7. The van der Waals surface area contributed by atoms with Crippen LogP contribution in [0.2, 0.25) is 0 Å². The van der Waals surface area contributed by atoms with Gasteiger partial charge >= 0.3 is 0 Å². The Morgan fingerprint density at radius 2 is 2.22 bits per heavy atom. The summed E-state index contributed by atoms with van der Waals surface area (Å²) in [4.78, 5) is 12.3. The van der Waals surface area contributed by atoms with Crippen LogP contribution in [0, 0.1) is 5.92 Å². The Morgan fingerprint density at radius 1 is 1.39 bits per heavy atom. The first kappa shape index (κ1) is 15.1. The second-order valence-electron chi connectivity index (χ2n) is 7.24. The van der Waals surface area contributed by atoms with Gasteiger partial charge in [-0.2, -0.15) is 5.10 Å². The molecule has 2 fully saturated rings. The van der Waals surface area contributed by atoms with Gasteiger partial charge in [0.25, 0.3) is 5.91 Å². The van der Waals surface area contributed by atoms with Crippen LogP contribution >= 0.6 is 0 Å². The number of fused-ring (bicyclic) bond motifs is 1. The summed E-state index contributed by atoms with van der Waals surface area (Å²) in [5, 5.41) is 10.1. The maximum atomic E-state index is 12.3. The topological polar surface area (TPSA) is 76.2 Å². The highest BCUT2D eigenvalue weighted by molar-refractivity contribution is 5.94. The van der Waals surface area contributed by atoms with Crippen molar-refractivity contribution in [2.75, 3.05) is 13.2 Å². The summed E-state index contributed by atoms with van der Waals surface area (Å²) in [6, 6.07) is 0. The minimum Gasteiger partial charge on any atom is -0.348 e. The fraction of sp³-hybridized carbons (Fsp3) is 0.765. The number of rotatable bonds is 3. The van der Waals surface area contributed by atoms with Crippen molar-refractivity contribution in [1.29, 1.82) is 0 Å². The molecule has 4 rings (SSSR count). The third-order valence-corrected chi connectivity index (χ3v) is 5.46. The zero-order valence-electron chi connectivity index (χ0n) is 13.7. The third-order valence-electron chi connectivity index (χ3n) is 5.46. The molecule has 1 saturated carbocycles. The van der Waals surface area contributed by atoms with Crippen LogP contribution in [0.1, 0.15) is 60.8 Å². The first-order valence-corrected chi connectivity index (χ1v) is 8.81. The number of carbonyl (C=O) groups is 1. The molecule has 3 aliphatic rings. The molecule has 0 aromatic carbocycles. The molecule has 1 aliphatic heterocycles. The van der Waals surface area contributed by atoms with E-state index in [4.69, 9.17) is 9.47 Å². The highest BCUT2D eigenvalue weighted by Crippen LogP contribution is 2.39. The van der Waals surface area contributed by atoms with Gasteiger partial charge in [-0.05, 0) is 38.0 Å². The van der Waals surface area contributed by atoms with E-state index < -0.39 is 5.79 Å². The number of aromatic amines is 1. The van der Waals surface area contributed by atoms with Gasteiger partial charge in [0.1, 0.15) is 6.10 Å². The molecule has 1 unspecified atom stereocenters. The minimum atomic E-state index is -0.393. The predicted octanol–water partition coefficient (Wildman–Crippen LogP) is 1.95. The number of aryl methyl sites for hydroxylation is 1. The summed E-state index contributed by atoms with van der Waals surface area (Å²) in [6.45, 7) is 3.33. The van der Waals surface area contributed by atoms with Crippen LogP contribution in [0.4, 0.5) is 0 Å². The lowest BCUT2D eigenvalue weighted by molar-refractivity contribution is -0.191. The van der Waals surface area contributed by atoms with Gasteiger partial charge in [0, 0.05) is 30.6 Å². The van der Waals surface area contributed by atoms with E-state index in [0.29, 0.717) is 18.8 Å². The molecule has 1 aromatic rings. The molecule has 2 N–H and O–H groups in total. The number of nitrogens with one attached hydrogen (secondary N) is 2. The standard InChI is InChI=1S/C17H25N3O3/c1-11-5-7-17(8-6-11)22-10-12(23-17)9-18-16(21)15-13-3-2-4-14(13)19-20-15/h11-12H,2-10H2,1H3,(H,18,21)(H,19,20). The SMILES string of the molecule is CC1CCC2(CC1)OCC(CNC(=O)c1n[nH]c3c1CCC3)O2. The van der Waals surface area contributed by atoms with E-state index in [-0.39, 0.29) is 12.0 Å². The summed E-state index contributed by atoms with van der Waals surface area (Å²) in [7, 11) is 0. The lowest BCUT2D eigenvalue weighted by Gasteiger charge is -2.34. The largest absolute Gasteiger partial charge is 0.348 e. The van der Waals surface area contributed by atoms with E-state index in [1.165, 1.54) is 0 Å². The Hall–Kier alpha value is -1.40. The second kappa shape index (κ2) is 5.91. The first-order valence-electron chi connectivity index (χ1n) is 8.81. The summed E-state index contributed by atoms with van der Waals surface area (Å²) >= 11 is 0. The average Bonchev–Trinajstić information content (AvgIpc) is 3.24. The zero-order chi connectivity index (χ0) is 15.9. The predicted molar refractivity (Wildman–Crippen MR) is 84.1 cm³/mol. The molecule has 23 heavy (non-hydrogen) atoms. The Bertz CT molecular complexity index is 590. The van der Waals surface area contributed by atoms with E-state index >= 15 is 0 Å². The lowest BCUT2D eigenvalue weighted by atomic mass is 9.86. The highest BCUT2D eigenvalue weighted by Gasteiger charge is 2.43. The molecule has 1 atom stereocenters. The second-order valence-corrected chi connectivity index (χ2v) is 7.24. The zero-order valence-corrected chi connectivity index (χ0v) is 13.7. The van der Waals surface area contributed by atoms with E-state index in [1.807, 2.05) is 0 Å². The van der Waals surface area contributed by atoms with Crippen LogP contribution in [0.5, 0.6) is 0 Å². The van der Waals surface area contributed by atoms with Crippen molar-refractivity contribution in [3.8, 4) is 0 Å². The number of ether oxygens (including phenoxy) is 2. The van der Waals surface area contributed by atoms with E-state index in [2.05, 4.69) is 22.4 Å². The number of carbonyl (C=O) groups excluding carboxylic acids is 1. The number of nitrogens with zero attached hydrogens (tertiary/aromatic N) is 1. The molecule has 2 aliphatic carbocycles. The van der Waals surface area contributed by atoms with Crippen molar-refractivity contribution in [3.63, 3.8) is 0 Å². The molecular weight excluding hydrogens is 294 g/mol. The quantitative estimate of drug-likeness (QED) is 0.893. The maximum absolute atomic E-state index is 12.3. The minimum absolute atomic E-state index is 0.0562. The van der Waals surface area contributed by atoms with Gasteiger partial charge in [-0.3, -0.25) is 9.89 Å². The molecule has 1 spiro atoms. The van der Waals surface area contributed by atoms with Gasteiger partial charge in [-0.15, -0.1) is 0 Å². The number of H-pyrrole nitrogens is 1. The van der Waals surface area contributed by atoms with Gasteiger partial charge < -0.3 is 14.8 Å². The number of hydrogen-bond acceptors (Lipinski definition) is 4. The molecule has 6 nitrogen and oxygen atoms in total. The number of aromatic nitrogens is 2. The molecule has 1 amide bonds. The van der Waals surface area contributed by atoms with Crippen LogP contribution in [-0.4, -0.2) is 41.1 Å². The van der Waals surface area contributed by atoms with Crippen molar-refractivity contribution in [2.24, 2.45) is 5.92 Å². The van der Waals surface area contributed by atoms with Crippen LogP contribution in [0.3, 0.4) is 0 Å². The van der Waals surface area contributed by atoms with Crippen LogP contribution in [0.15, 0.2) is 0 Å². The summed E-state index contributed by atoms with van der Waals surface area (Å²) in [6.07, 6.45) is 7.22. The average molecular weight is 319 g/mol. The summed E-state index contributed by atoms with van der Waals surface area (Å²) in [5.74, 6) is 0.259. The Kier molecular flexibility index (Phi) is 3.89. The van der Waals surface area contributed by atoms with Crippen molar-refractivity contribution >= 4 is 5.91 Å².